The van der Waals surface area contributed by atoms with Crippen molar-refractivity contribution in [2.24, 2.45) is 0 Å². The van der Waals surface area contributed by atoms with Gasteiger partial charge in [-0.3, -0.25) is 9.69 Å². The Morgan fingerprint density at radius 3 is 2.92 bits per heavy atom. The smallest absolute Gasteiger partial charge is 0.131 e. The summed E-state index contributed by atoms with van der Waals surface area (Å²) in [6, 6.07) is 0.558. The summed E-state index contributed by atoms with van der Waals surface area (Å²) in [5, 5.41) is 0. The highest BCUT2D eigenvalue weighted by molar-refractivity contribution is 5.76. The van der Waals surface area contributed by atoms with Gasteiger partial charge < -0.3 is 0 Å². The van der Waals surface area contributed by atoms with Gasteiger partial charge in [-0.1, -0.05) is 6.92 Å². The summed E-state index contributed by atoms with van der Waals surface area (Å²) in [5.41, 5.74) is 0. The highest BCUT2D eigenvalue weighted by Gasteiger charge is 2.24. The van der Waals surface area contributed by atoms with E-state index in [4.69, 9.17) is 0 Å². The third-order valence-electron chi connectivity index (χ3n) is 2.53. The van der Waals surface area contributed by atoms with Crippen molar-refractivity contribution in [2.75, 3.05) is 13.1 Å². The van der Waals surface area contributed by atoms with Crippen LogP contribution < -0.4 is 0 Å². The van der Waals surface area contributed by atoms with Crippen molar-refractivity contribution in [3.8, 4) is 0 Å². The minimum Gasteiger partial charge on any atom is -0.300 e. The lowest BCUT2D eigenvalue weighted by Gasteiger charge is -2.22. The predicted octanol–water partition coefficient (Wildman–Crippen LogP) is 1.84. The number of hydrogen-bond acceptors (Lipinski definition) is 2. The molecule has 2 nitrogen and oxygen atoms in total. The molecule has 1 unspecified atom stereocenters. The number of hydrogen-bond donors (Lipinski definition) is 0. The third-order valence-corrected chi connectivity index (χ3v) is 2.53. The molecule has 0 radical (unpaired) electrons. The second-order valence-corrected chi connectivity index (χ2v) is 3.74. The van der Waals surface area contributed by atoms with Crippen molar-refractivity contribution in [3.05, 3.63) is 0 Å². The van der Waals surface area contributed by atoms with Crippen molar-refractivity contribution in [1.29, 1.82) is 0 Å². The Morgan fingerprint density at radius 1 is 1.58 bits per heavy atom. The van der Waals surface area contributed by atoms with Crippen LogP contribution in [-0.4, -0.2) is 29.8 Å². The third kappa shape index (κ3) is 2.59. The lowest BCUT2D eigenvalue weighted by molar-refractivity contribution is -0.118. The van der Waals surface area contributed by atoms with Crippen molar-refractivity contribution in [2.45, 2.75) is 45.6 Å². The van der Waals surface area contributed by atoms with Gasteiger partial charge in [0.05, 0.1) is 0 Å². The molecule has 0 amide bonds. The number of nitrogens with zero attached hydrogens (tertiary/aromatic N) is 1. The van der Waals surface area contributed by atoms with Gasteiger partial charge in [0.15, 0.2) is 0 Å². The fraction of sp³-hybridized carbons (Fsp3) is 0.900. The summed E-state index contributed by atoms with van der Waals surface area (Å²) >= 11 is 0. The zero-order chi connectivity index (χ0) is 8.97. The van der Waals surface area contributed by atoms with Crippen LogP contribution >= 0.6 is 0 Å². The Labute approximate surface area is 74.9 Å². The number of likely N-dealkylation sites (tertiary alicyclic amines) is 1. The lowest BCUT2D eigenvalue weighted by atomic mass is 10.1. The first kappa shape index (κ1) is 9.72. The van der Waals surface area contributed by atoms with Crippen molar-refractivity contribution in [3.63, 3.8) is 0 Å². The van der Waals surface area contributed by atoms with E-state index in [0.29, 0.717) is 11.8 Å². The normalized spacial score (nSPS) is 24.7. The van der Waals surface area contributed by atoms with E-state index in [2.05, 4.69) is 11.8 Å². The van der Waals surface area contributed by atoms with Crippen LogP contribution in [0, 0.1) is 0 Å². The maximum absolute atomic E-state index is 10.9. The van der Waals surface area contributed by atoms with Gasteiger partial charge in [0, 0.05) is 12.5 Å². The maximum atomic E-state index is 10.9. The standard InChI is InChI=1S/C10H19NO/c1-3-6-11-7-4-5-10(11)8-9(2)12/h10H,3-8H2,1-2H3. The molecule has 0 N–H and O–H groups in total. The molecule has 1 saturated heterocycles. The molecular weight excluding hydrogens is 150 g/mol. The summed E-state index contributed by atoms with van der Waals surface area (Å²) < 4.78 is 0. The molecule has 1 atom stereocenters. The van der Waals surface area contributed by atoms with Crippen LogP contribution in [0.15, 0.2) is 0 Å². The second kappa shape index (κ2) is 4.61. The average molecular weight is 169 g/mol. The molecule has 1 aliphatic heterocycles. The molecule has 0 spiro atoms. The molecule has 1 rings (SSSR count). The van der Waals surface area contributed by atoms with E-state index in [1.807, 2.05) is 0 Å². The molecule has 0 aromatic rings. The van der Waals surface area contributed by atoms with Gasteiger partial charge in [-0.05, 0) is 39.3 Å². The van der Waals surface area contributed by atoms with Crippen LogP contribution in [0.4, 0.5) is 0 Å². The molecular formula is C10H19NO. The van der Waals surface area contributed by atoms with Crippen molar-refractivity contribution >= 4 is 5.78 Å². The van der Waals surface area contributed by atoms with E-state index >= 15 is 0 Å². The Kier molecular flexibility index (Phi) is 3.73. The van der Waals surface area contributed by atoms with Gasteiger partial charge in [-0.25, -0.2) is 0 Å². The van der Waals surface area contributed by atoms with Crippen LogP contribution in [0.2, 0.25) is 0 Å². The summed E-state index contributed by atoms with van der Waals surface area (Å²) in [6.45, 7) is 6.26. The molecule has 70 valence electrons. The van der Waals surface area contributed by atoms with Crippen LogP contribution in [0.3, 0.4) is 0 Å². The molecule has 0 aliphatic carbocycles. The second-order valence-electron chi connectivity index (χ2n) is 3.74. The first-order valence-electron chi connectivity index (χ1n) is 4.97. The average Bonchev–Trinajstić information content (AvgIpc) is 2.37. The Hall–Kier alpha value is -0.370. The summed E-state index contributed by atoms with van der Waals surface area (Å²) in [4.78, 5) is 13.4. The van der Waals surface area contributed by atoms with Crippen LogP contribution in [-0.2, 0) is 4.79 Å². The number of carbonyl (C=O) groups is 1. The first-order chi connectivity index (χ1) is 5.74. The van der Waals surface area contributed by atoms with Gasteiger partial charge in [0.2, 0.25) is 0 Å². The van der Waals surface area contributed by atoms with Gasteiger partial charge in [0.1, 0.15) is 5.78 Å². The quantitative estimate of drug-likeness (QED) is 0.640. The van der Waals surface area contributed by atoms with Crippen molar-refractivity contribution < 1.29 is 4.79 Å². The molecule has 1 aliphatic rings. The first-order valence-corrected chi connectivity index (χ1v) is 4.97. The molecule has 1 heterocycles. The van der Waals surface area contributed by atoms with Crippen LogP contribution in [0.1, 0.15) is 39.5 Å². The van der Waals surface area contributed by atoms with E-state index in [-0.39, 0.29) is 0 Å². The summed E-state index contributed by atoms with van der Waals surface area (Å²) in [5.74, 6) is 0.336. The van der Waals surface area contributed by atoms with E-state index in [1.165, 1.54) is 25.8 Å². The Bertz CT molecular complexity index is 156. The zero-order valence-corrected chi connectivity index (χ0v) is 8.18. The molecule has 0 bridgehead atoms. The number of rotatable bonds is 4. The van der Waals surface area contributed by atoms with E-state index in [0.717, 1.165) is 13.0 Å². The molecule has 12 heavy (non-hydrogen) atoms. The summed E-state index contributed by atoms with van der Waals surface area (Å²) in [6.07, 6.45) is 4.46. The predicted molar refractivity (Wildman–Crippen MR) is 50.2 cm³/mol. The molecule has 1 fully saturated rings. The molecule has 0 aromatic heterocycles. The van der Waals surface area contributed by atoms with Crippen LogP contribution in [0.25, 0.3) is 0 Å². The minimum atomic E-state index is 0.336. The van der Waals surface area contributed by atoms with E-state index in [1.54, 1.807) is 6.92 Å². The topological polar surface area (TPSA) is 20.3 Å². The number of ketones is 1. The monoisotopic (exact) mass is 169 g/mol. The fourth-order valence-corrected chi connectivity index (χ4v) is 2.04. The largest absolute Gasteiger partial charge is 0.300 e. The van der Waals surface area contributed by atoms with Crippen LogP contribution in [0.5, 0.6) is 0 Å². The molecule has 2 heteroatoms. The zero-order valence-electron chi connectivity index (χ0n) is 8.18. The molecule has 0 saturated carbocycles. The Balaban J connectivity index is 2.35. The molecule has 0 aromatic carbocycles. The number of carbonyl (C=O) groups excluding carboxylic acids is 1. The van der Waals surface area contributed by atoms with Gasteiger partial charge >= 0.3 is 0 Å². The highest BCUT2D eigenvalue weighted by atomic mass is 16.1. The minimum absolute atomic E-state index is 0.336. The van der Waals surface area contributed by atoms with Gasteiger partial charge in [-0.15, -0.1) is 0 Å². The fourth-order valence-electron chi connectivity index (χ4n) is 2.04. The summed E-state index contributed by atoms with van der Waals surface area (Å²) in [7, 11) is 0. The lowest BCUT2D eigenvalue weighted by Crippen LogP contribution is -2.31. The maximum Gasteiger partial charge on any atom is 0.131 e. The van der Waals surface area contributed by atoms with Gasteiger partial charge in [-0.2, -0.15) is 0 Å². The van der Waals surface area contributed by atoms with Gasteiger partial charge in [0.25, 0.3) is 0 Å². The van der Waals surface area contributed by atoms with E-state index in [9.17, 15) is 4.79 Å². The Morgan fingerprint density at radius 2 is 2.33 bits per heavy atom. The number of Topliss-reactive ketones (excluding diaryl/α,β-unsaturated/α-hetero) is 1. The van der Waals surface area contributed by atoms with E-state index < -0.39 is 0 Å². The van der Waals surface area contributed by atoms with Crippen molar-refractivity contribution in [1.82, 2.24) is 4.90 Å². The highest BCUT2D eigenvalue weighted by Crippen LogP contribution is 2.20. The SMILES string of the molecule is CCCN1CCCC1CC(C)=O.